The Bertz CT molecular complexity index is 1130. The van der Waals surface area contributed by atoms with Crippen LogP contribution in [0.4, 0.5) is 9.93 Å². The zero-order valence-corrected chi connectivity index (χ0v) is 18.2. The molecule has 30 heavy (non-hydrogen) atoms. The molecule has 0 radical (unpaired) electrons. The van der Waals surface area contributed by atoms with E-state index in [1.807, 2.05) is 19.1 Å². The van der Waals surface area contributed by atoms with Crippen molar-refractivity contribution in [3.63, 3.8) is 0 Å². The fourth-order valence-corrected chi connectivity index (χ4v) is 4.70. The normalized spacial score (nSPS) is 13.7. The third-order valence-electron chi connectivity index (χ3n) is 4.51. The van der Waals surface area contributed by atoms with Crippen molar-refractivity contribution < 1.29 is 14.4 Å². The molecule has 0 aliphatic carbocycles. The van der Waals surface area contributed by atoms with Gasteiger partial charge in [0, 0.05) is 21.0 Å². The minimum atomic E-state index is -0.304. The van der Waals surface area contributed by atoms with Crippen LogP contribution in [0.1, 0.15) is 20.8 Å². The molecule has 1 N–H and O–H groups in total. The molecule has 9 heteroatoms. The Balaban J connectivity index is 1.49. The Morgan fingerprint density at radius 2 is 1.97 bits per heavy atom. The fourth-order valence-electron chi connectivity index (χ4n) is 3.02. The van der Waals surface area contributed by atoms with Gasteiger partial charge in [0.15, 0.2) is 5.13 Å². The van der Waals surface area contributed by atoms with Gasteiger partial charge in [0.2, 0.25) is 5.91 Å². The van der Waals surface area contributed by atoms with E-state index < -0.39 is 0 Å². The van der Waals surface area contributed by atoms with E-state index in [1.165, 1.54) is 16.2 Å². The Labute approximate surface area is 186 Å². The highest BCUT2D eigenvalue weighted by Gasteiger charge is 2.29. The molecule has 152 valence electrons. The van der Waals surface area contributed by atoms with Gasteiger partial charge >= 0.3 is 0 Å². The fraction of sp³-hybridized carbons (Fsp3) is 0.143. The molecule has 0 spiro atoms. The molecule has 4 rings (SSSR count). The molecule has 0 atom stereocenters. The van der Waals surface area contributed by atoms with Crippen molar-refractivity contribution in [2.24, 2.45) is 0 Å². The maximum absolute atomic E-state index is 12.7. The molecule has 0 unspecified atom stereocenters. The quantitative estimate of drug-likeness (QED) is 0.568. The monoisotopic (exact) mass is 457 g/mol. The second-order valence-corrected chi connectivity index (χ2v) is 9.19. The first-order chi connectivity index (χ1) is 14.4. The van der Waals surface area contributed by atoms with E-state index in [1.54, 1.807) is 36.4 Å². The largest absolute Gasteiger partial charge is 0.298 e. The van der Waals surface area contributed by atoms with Crippen LogP contribution in [0.3, 0.4) is 0 Å². The number of halogens is 1. The lowest BCUT2D eigenvalue weighted by molar-refractivity contribution is -0.125. The van der Waals surface area contributed by atoms with Gasteiger partial charge in [-0.3, -0.25) is 24.6 Å². The summed E-state index contributed by atoms with van der Waals surface area (Å²) in [5, 5.41) is 3.71. The molecule has 2 aromatic carbocycles. The molecule has 0 bridgehead atoms. The molecule has 1 saturated heterocycles. The third-order valence-corrected chi connectivity index (χ3v) is 6.50. The molecule has 1 aliphatic heterocycles. The molecule has 1 aromatic heterocycles. The number of benzene rings is 2. The lowest BCUT2D eigenvalue weighted by Crippen LogP contribution is -2.28. The first-order valence-electron chi connectivity index (χ1n) is 9.01. The van der Waals surface area contributed by atoms with Crippen LogP contribution in [0.2, 0.25) is 5.02 Å². The van der Waals surface area contributed by atoms with Crippen molar-refractivity contribution >= 4 is 56.9 Å². The number of carbonyl (C=O) groups is 3. The molecule has 3 amide bonds. The van der Waals surface area contributed by atoms with E-state index in [-0.39, 0.29) is 29.4 Å². The van der Waals surface area contributed by atoms with Crippen molar-refractivity contribution in [1.29, 1.82) is 0 Å². The van der Waals surface area contributed by atoms with E-state index in [4.69, 9.17) is 11.6 Å². The van der Waals surface area contributed by atoms with Crippen LogP contribution in [-0.4, -0.2) is 32.7 Å². The minimum Gasteiger partial charge on any atom is -0.298 e. The minimum absolute atomic E-state index is 0.156. The lowest BCUT2D eigenvalue weighted by atomic mass is 10.1. The summed E-state index contributed by atoms with van der Waals surface area (Å²) in [5.41, 5.74) is 2.86. The highest BCUT2D eigenvalue weighted by molar-refractivity contribution is 8.14. The number of rotatable bonds is 5. The van der Waals surface area contributed by atoms with Crippen LogP contribution in [0.5, 0.6) is 0 Å². The van der Waals surface area contributed by atoms with Crippen LogP contribution >= 0.6 is 34.7 Å². The smallest absolute Gasteiger partial charge is 0.289 e. The summed E-state index contributed by atoms with van der Waals surface area (Å²) in [6.45, 7) is 2.10. The Hall–Kier alpha value is -2.68. The second-order valence-electron chi connectivity index (χ2n) is 6.62. The van der Waals surface area contributed by atoms with Gasteiger partial charge < -0.3 is 0 Å². The van der Waals surface area contributed by atoms with Gasteiger partial charge in [-0.1, -0.05) is 47.6 Å². The van der Waals surface area contributed by atoms with E-state index in [2.05, 4.69) is 10.3 Å². The SMILES string of the molecule is Cc1sc(NC(=O)c2cccc(CN3C(=O)CSC3=O)c2)nc1-c1ccc(Cl)cc1. The predicted octanol–water partition coefficient (Wildman–Crippen LogP) is 5.22. The van der Waals surface area contributed by atoms with Gasteiger partial charge in [0.05, 0.1) is 18.0 Å². The first-order valence-corrected chi connectivity index (χ1v) is 11.2. The standard InChI is InChI=1S/C21H16ClN3O3S2/c1-12-18(14-5-7-16(22)8-6-14)23-20(30-12)24-19(27)15-4-2-3-13(9-15)10-25-17(26)11-29-21(25)28/h2-9H,10-11H2,1H3,(H,23,24,27). The number of carbonyl (C=O) groups excluding carboxylic acids is 3. The van der Waals surface area contributed by atoms with Gasteiger partial charge in [-0.25, -0.2) is 4.98 Å². The Morgan fingerprint density at radius 3 is 2.67 bits per heavy atom. The summed E-state index contributed by atoms with van der Waals surface area (Å²) in [6, 6.07) is 14.3. The molecule has 0 saturated carbocycles. The van der Waals surface area contributed by atoms with Crippen LogP contribution in [-0.2, 0) is 11.3 Å². The molecule has 6 nitrogen and oxygen atoms in total. The number of thiazole rings is 1. The molecule has 1 fully saturated rings. The van der Waals surface area contributed by atoms with Crippen molar-refractivity contribution in [3.05, 3.63) is 69.6 Å². The summed E-state index contributed by atoms with van der Waals surface area (Å²) >= 11 is 8.33. The number of hydrogen-bond donors (Lipinski definition) is 1. The highest BCUT2D eigenvalue weighted by atomic mass is 35.5. The number of nitrogens with zero attached hydrogens (tertiary/aromatic N) is 2. The second kappa shape index (κ2) is 8.59. The average Bonchev–Trinajstić information content (AvgIpc) is 3.25. The van der Waals surface area contributed by atoms with Gasteiger partial charge in [-0.2, -0.15) is 0 Å². The van der Waals surface area contributed by atoms with E-state index in [0.717, 1.165) is 27.9 Å². The van der Waals surface area contributed by atoms with Crippen molar-refractivity contribution in [1.82, 2.24) is 9.88 Å². The summed E-state index contributed by atoms with van der Waals surface area (Å²) < 4.78 is 0. The number of aryl methyl sites for hydroxylation is 1. The maximum atomic E-state index is 12.7. The summed E-state index contributed by atoms with van der Waals surface area (Å²) in [4.78, 5) is 43.0. The summed E-state index contributed by atoms with van der Waals surface area (Å²) in [7, 11) is 0. The lowest BCUT2D eigenvalue weighted by Gasteiger charge is -2.13. The summed E-state index contributed by atoms with van der Waals surface area (Å²) in [5.74, 6) is -0.354. The van der Waals surface area contributed by atoms with Crippen LogP contribution in [0.25, 0.3) is 11.3 Å². The zero-order chi connectivity index (χ0) is 21.3. The highest BCUT2D eigenvalue weighted by Crippen LogP contribution is 2.31. The van der Waals surface area contributed by atoms with Gasteiger partial charge in [-0.05, 0) is 36.8 Å². The number of hydrogen-bond acceptors (Lipinski definition) is 6. The maximum Gasteiger partial charge on any atom is 0.289 e. The van der Waals surface area contributed by atoms with Crippen molar-refractivity contribution in [2.75, 3.05) is 11.1 Å². The molecular weight excluding hydrogens is 442 g/mol. The Morgan fingerprint density at radius 1 is 1.20 bits per heavy atom. The summed E-state index contributed by atoms with van der Waals surface area (Å²) in [6.07, 6.45) is 0. The van der Waals surface area contributed by atoms with Crippen molar-refractivity contribution in [3.8, 4) is 11.3 Å². The van der Waals surface area contributed by atoms with Crippen LogP contribution in [0.15, 0.2) is 48.5 Å². The molecule has 2 heterocycles. The number of imide groups is 1. The van der Waals surface area contributed by atoms with E-state index in [9.17, 15) is 14.4 Å². The van der Waals surface area contributed by atoms with Gasteiger partial charge in [-0.15, -0.1) is 11.3 Å². The van der Waals surface area contributed by atoms with Gasteiger partial charge in [0.25, 0.3) is 11.1 Å². The number of aromatic nitrogens is 1. The number of amides is 3. The predicted molar refractivity (Wildman–Crippen MR) is 120 cm³/mol. The number of anilines is 1. The van der Waals surface area contributed by atoms with Crippen LogP contribution in [0, 0.1) is 6.92 Å². The van der Waals surface area contributed by atoms with E-state index in [0.29, 0.717) is 21.3 Å². The third kappa shape index (κ3) is 4.40. The van der Waals surface area contributed by atoms with Crippen molar-refractivity contribution in [2.45, 2.75) is 13.5 Å². The molecule has 3 aromatic rings. The van der Waals surface area contributed by atoms with Crippen LogP contribution < -0.4 is 5.32 Å². The first kappa shape index (κ1) is 20.6. The molecule has 1 aliphatic rings. The van der Waals surface area contributed by atoms with Gasteiger partial charge in [0.1, 0.15) is 0 Å². The molecular formula is C21H16ClN3O3S2. The number of nitrogens with one attached hydrogen (secondary N) is 1. The van der Waals surface area contributed by atoms with E-state index >= 15 is 0 Å². The Kier molecular flexibility index (Phi) is 5.90. The zero-order valence-electron chi connectivity index (χ0n) is 15.8. The topological polar surface area (TPSA) is 79.4 Å². The average molecular weight is 458 g/mol. The number of thioether (sulfide) groups is 1.